The van der Waals surface area contributed by atoms with Gasteiger partial charge in [0.05, 0.1) is 18.9 Å². The first-order chi connectivity index (χ1) is 10.1. The molecule has 3 nitrogen and oxygen atoms in total. The van der Waals surface area contributed by atoms with Crippen LogP contribution in [0, 0.1) is 0 Å². The van der Waals surface area contributed by atoms with Crippen molar-refractivity contribution >= 4 is 7.60 Å². The van der Waals surface area contributed by atoms with Crippen molar-refractivity contribution in [1.29, 1.82) is 0 Å². The highest BCUT2D eigenvalue weighted by Crippen LogP contribution is 2.53. The summed E-state index contributed by atoms with van der Waals surface area (Å²) in [6.45, 7) is 9.39. The lowest BCUT2D eigenvalue weighted by molar-refractivity contribution is 0.192. The van der Waals surface area contributed by atoms with E-state index in [1.54, 1.807) is 0 Å². The van der Waals surface area contributed by atoms with Crippen molar-refractivity contribution in [2.45, 2.75) is 97.6 Å². The van der Waals surface area contributed by atoms with Gasteiger partial charge in [-0.15, -0.1) is 0 Å². The fourth-order valence-electron chi connectivity index (χ4n) is 2.13. The van der Waals surface area contributed by atoms with Crippen LogP contribution < -0.4 is 0 Å². The van der Waals surface area contributed by atoms with Crippen LogP contribution in [-0.4, -0.2) is 18.9 Å². The third-order valence-corrected chi connectivity index (χ3v) is 6.02. The largest absolute Gasteiger partial charge is 0.333 e. The van der Waals surface area contributed by atoms with Crippen LogP contribution in [0.25, 0.3) is 0 Å². The van der Waals surface area contributed by atoms with E-state index in [0.29, 0.717) is 13.2 Å². The van der Waals surface area contributed by atoms with E-state index in [0.717, 1.165) is 25.7 Å². The predicted octanol–water partition coefficient (Wildman–Crippen LogP) is 6.56. The molecule has 0 unspecified atom stereocenters. The van der Waals surface area contributed by atoms with Crippen LogP contribution in [0.4, 0.5) is 0 Å². The van der Waals surface area contributed by atoms with Gasteiger partial charge in [-0.3, -0.25) is 4.57 Å². The molecule has 0 amide bonds. The van der Waals surface area contributed by atoms with E-state index in [1.807, 2.05) is 13.8 Å². The van der Waals surface area contributed by atoms with Crippen molar-refractivity contribution in [3.05, 3.63) is 0 Å². The van der Waals surface area contributed by atoms with E-state index >= 15 is 0 Å². The summed E-state index contributed by atoms with van der Waals surface area (Å²) >= 11 is 0. The summed E-state index contributed by atoms with van der Waals surface area (Å²) < 4.78 is 23.9. The fourth-order valence-corrected chi connectivity index (χ4v) is 3.57. The molecule has 0 radical (unpaired) electrons. The third-order valence-electron chi connectivity index (χ3n) is 3.67. The highest BCUT2D eigenvalue weighted by molar-refractivity contribution is 7.54. The first-order valence-corrected chi connectivity index (χ1v) is 10.6. The lowest BCUT2D eigenvalue weighted by atomic mass is 10.2. The summed E-state index contributed by atoms with van der Waals surface area (Å²) in [7, 11) is -2.90. The van der Waals surface area contributed by atoms with Gasteiger partial charge in [0, 0.05) is 0 Å². The van der Waals surface area contributed by atoms with Gasteiger partial charge in [-0.1, -0.05) is 79.1 Å². The van der Waals surface area contributed by atoms with Gasteiger partial charge >= 0.3 is 7.60 Å². The topological polar surface area (TPSA) is 35.5 Å². The van der Waals surface area contributed by atoms with Gasteiger partial charge in [-0.2, -0.15) is 0 Å². The summed E-state index contributed by atoms with van der Waals surface area (Å²) in [4.78, 5) is 0. The second-order valence-electron chi connectivity index (χ2n) is 6.13. The molecular weight excluding hydrogens is 283 g/mol. The predicted molar refractivity (Wildman–Crippen MR) is 92.2 cm³/mol. The monoisotopic (exact) mass is 320 g/mol. The summed E-state index contributed by atoms with van der Waals surface area (Å²) in [5.74, 6) is 0. The Labute approximate surface area is 132 Å². The Bertz CT molecular complexity index is 247. The molecule has 0 fully saturated rings. The quantitative estimate of drug-likeness (QED) is 0.253. The van der Waals surface area contributed by atoms with E-state index in [9.17, 15) is 4.57 Å². The van der Waals surface area contributed by atoms with Crippen molar-refractivity contribution in [1.82, 2.24) is 0 Å². The summed E-state index contributed by atoms with van der Waals surface area (Å²) in [5, 5.41) is 0. The summed E-state index contributed by atoms with van der Waals surface area (Å²) in [5.41, 5.74) is -0.0521. The van der Waals surface area contributed by atoms with Crippen LogP contribution >= 0.6 is 7.60 Å². The van der Waals surface area contributed by atoms with Gasteiger partial charge in [0.2, 0.25) is 0 Å². The first-order valence-electron chi connectivity index (χ1n) is 8.95. The van der Waals surface area contributed by atoms with E-state index < -0.39 is 7.60 Å². The van der Waals surface area contributed by atoms with Crippen molar-refractivity contribution in [3.63, 3.8) is 0 Å². The summed E-state index contributed by atoms with van der Waals surface area (Å²) in [6, 6.07) is 0. The second kappa shape index (κ2) is 13.8. The molecule has 0 aromatic heterocycles. The molecule has 0 atom stereocenters. The average Bonchev–Trinajstić information content (AvgIpc) is 2.46. The van der Waals surface area contributed by atoms with Crippen molar-refractivity contribution in [2.75, 3.05) is 13.2 Å². The Morgan fingerprint density at radius 1 is 0.714 bits per heavy atom. The zero-order valence-electron chi connectivity index (χ0n) is 14.7. The minimum Gasteiger partial charge on any atom is -0.308 e. The molecule has 4 heteroatoms. The van der Waals surface area contributed by atoms with Gasteiger partial charge < -0.3 is 9.05 Å². The van der Waals surface area contributed by atoms with Crippen LogP contribution in [0.2, 0.25) is 0 Å². The molecule has 0 spiro atoms. The second-order valence-corrected chi connectivity index (χ2v) is 8.76. The molecule has 0 bridgehead atoms. The standard InChI is InChI=1S/C17H37O3P/c1-5-7-9-11-13-15-19-21(18,17(3)4)20-16-14-12-10-8-6-2/h17H,5-16H2,1-4H3. The molecule has 0 saturated carbocycles. The Balaban J connectivity index is 3.82. The minimum absolute atomic E-state index is 0.0521. The molecule has 0 aliphatic rings. The first kappa shape index (κ1) is 21.1. The maximum atomic E-state index is 12.6. The number of rotatable bonds is 15. The molecule has 128 valence electrons. The van der Waals surface area contributed by atoms with Crippen molar-refractivity contribution < 1.29 is 13.6 Å². The van der Waals surface area contributed by atoms with E-state index in [4.69, 9.17) is 9.05 Å². The van der Waals surface area contributed by atoms with Crippen LogP contribution in [-0.2, 0) is 13.6 Å². The lowest BCUT2D eigenvalue weighted by Gasteiger charge is -2.21. The van der Waals surface area contributed by atoms with Crippen molar-refractivity contribution in [2.24, 2.45) is 0 Å². The highest BCUT2D eigenvalue weighted by Gasteiger charge is 2.28. The zero-order valence-corrected chi connectivity index (χ0v) is 15.6. The molecule has 0 heterocycles. The Morgan fingerprint density at radius 3 is 1.43 bits per heavy atom. The maximum absolute atomic E-state index is 12.6. The zero-order chi connectivity index (χ0) is 16.0. The van der Waals surface area contributed by atoms with Gasteiger partial charge in [0.25, 0.3) is 0 Å². The van der Waals surface area contributed by atoms with E-state index in [1.165, 1.54) is 38.5 Å². The van der Waals surface area contributed by atoms with Gasteiger partial charge in [-0.05, 0) is 12.8 Å². The number of hydrogen-bond acceptors (Lipinski definition) is 3. The fraction of sp³-hybridized carbons (Fsp3) is 1.00. The van der Waals surface area contributed by atoms with Gasteiger partial charge in [-0.25, -0.2) is 0 Å². The maximum Gasteiger partial charge on any atom is 0.333 e. The van der Waals surface area contributed by atoms with E-state index in [2.05, 4.69) is 13.8 Å². The highest BCUT2D eigenvalue weighted by atomic mass is 31.2. The number of unbranched alkanes of at least 4 members (excludes halogenated alkanes) is 8. The SMILES string of the molecule is CCCCCCCOP(=O)(OCCCCCCC)C(C)C. The van der Waals surface area contributed by atoms with Crippen LogP contribution in [0.3, 0.4) is 0 Å². The molecule has 0 saturated heterocycles. The Hall–Kier alpha value is 0.150. The Morgan fingerprint density at radius 2 is 1.10 bits per heavy atom. The molecule has 0 aliphatic carbocycles. The summed E-state index contributed by atoms with van der Waals surface area (Å²) in [6.07, 6.45) is 11.8. The minimum atomic E-state index is -2.90. The molecular formula is C17H37O3P. The Kier molecular flexibility index (Phi) is 13.9. The van der Waals surface area contributed by atoms with Gasteiger partial charge in [0.1, 0.15) is 0 Å². The molecule has 0 aromatic carbocycles. The molecule has 0 N–H and O–H groups in total. The van der Waals surface area contributed by atoms with E-state index in [-0.39, 0.29) is 5.66 Å². The third kappa shape index (κ3) is 11.4. The van der Waals surface area contributed by atoms with Crippen LogP contribution in [0.1, 0.15) is 91.9 Å². The van der Waals surface area contributed by atoms with Crippen LogP contribution in [0.5, 0.6) is 0 Å². The van der Waals surface area contributed by atoms with Crippen LogP contribution in [0.15, 0.2) is 0 Å². The normalized spacial score (nSPS) is 12.2. The molecule has 21 heavy (non-hydrogen) atoms. The average molecular weight is 320 g/mol. The van der Waals surface area contributed by atoms with Crippen molar-refractivity contribution in [3.8, 4) is 0 Å². The number of hydrogen-bond donors (Lipinski definition) is 0. The van der Waals surface area contributed by atoms with Gasteiger partial charge in [0.15, 0.2) is 0 Å². The smallest absolute Gasteiger partial charge is 0.308 e. The lowest BCUT2D eigenvalue weighted by Crippen LogP contribution is -2.08. The molecule has 0 rings (SSSR count). The molecule has 0 aliphatic heterocycles. The molecule has 0 aromatic rings.